The van der Waals surface area contributed by atoms with E-state index in [0.29, 0.717) is 13.0 Å². The molecule has 0 spiro atoms. The van der Waals surface area contributed by atoms with Crippen molar-refractivity contribution in [2.45, 2.75) is 109 Å². The lowest BCUT2D eigenvalue weighted by molar-refractivity contribution is -0.143. The van der Waals surface area contributed by atoms with Gasteiger partial charge in [-0.25, -0.2) is 0 Å². The van der Waals surface area contributed by atoms with Crippen LogP contribution in [0.2, 0.25) is 0 Å². The molecule has 144 valence electrons. The van der Waals surface area contributed by atoms with Crippen LogP contribution in [0.4, 0.5) is 0 Å². The highest BCUT2D eigenvalue weighted by atomic mass is 16.5. The van der Waals surface area contributed by atoms with Gasteiger partial charge in [0.25, 0.3) is 0 Å². The number of cyclic esters (lactones) is 1. The van der Waals surface area contributed by atoms with Gasteiger partial charge in [-0.2, -0.15) is 0 Å². The molecule has 0 aromatic heterocycles. The molecule has 0 radical (unpaired) electrons. The van der Waals surface area contributed by atoms with Crippen LogP contribution in [0.25, 0.3) is 0 Å². The van der Waals surface area contributed by atoms with Crippen LogP contribution in [0.15, 0.2) is 24.3 Å². The van der Waals surface area contributed by atoms with Crippen molar-refractivity contribution in [2.24, 2.45) is 0 Å². The van der Waals surface area contributed by atoms with Crippen molar-refractivity contribution >= 4 is 5.97 Å². The first-order valence-electron chi connectivity index (χ1n) is 10.9. The van der Waals surface area contributed by atoms with Crippen molar-refractivity contribution < 1.29 is 9.53 Å². The molecule has 0 aromatic carbocycles. The van der Waals surface area contributed by atoms with Crippen LogP contribution in [0.5, 0.6) is 0 Å². The van der Waals surface area contributed by atoms with Crippen LogP contribution in [0, 0.1) is 0 Å². The Morgan fingerprint density at radius 3 is 1.56 bits per heavy atom. The van der Waals surface area contributed by atoms with Crippen molar-refractivity contribution in [3.05, 3.63) is 24.3 Å². The lowest BCUT2D eigenvalue weighted by Crippen LogP contribution is -2.04. The summed E-state index contributed by atoms with van der Waals surface area (Å²) in [6.45, 7) is 0.533. The first kappa shape index (κ1) is 22.0. The summed E-state index contributed by atoms with van der Waals surface area (Å²) in [5.41, 5.74) is 0. The van der Waals surface area contributed by atoms with E-state index in [4.69, 9.17) is 4.74 Å². The standard InChI is InChI=1S/C23H40O2/c24-23-21-19-17-15-13-11-9-7-5-3-1-2-4-6-8-10-12-14-16-18-20-22-25-23/h8,10,16,18H,1-7,9,11-15,17,19-22H2/b10-8+,18-16+. The predicted molar refractivity (Wildman–Crippen MR) is 108 cm³/mol. The summed E-state index contributed by atoms with van der Waals surface area (Å²) in [6.07, 6.45) is 29.7. The molecule has 1 heterocycles. The molecule has 0 atom stereocenters. The van der Waals surface area contributed by atoms with Gasteiger partial charge in [-0.3, -0.25) is 4.79 Å². The number of carbonyl (C=O) groups excluding carboxylic acids is 1. The molecule has 0 aromatic rings. The number of carbonyl (C=O) groups is 1. The highest BCUT2D eigenvalue weighted by Crippen LogP contribution is 2.13. The Balaban J connectivity index is 2.17. The lowest BCUT2D eigenvalue weighted by Gasteiger charge is -2.04. The summed E-state index contributed by atoms with van der Waals surface area (Å²) < 4.78 is 5.28. The van der Waals surface area contributed by atoms with E-state index >= 15 is 0 Å². The summed E-state index contributed by atoms with van der Waals surface area (Å²) in [6, 6.07) is 0. The van der Waals surface area contributed by atoms with Gasteiger partial charge in [0, 0.05) is 6.42 Å². The fraction of sp³-hybridized carbons (Fsp3) is 0.783. The van der Waals surface area contributed by atoms with Crippen LogP contribution in [-0.2, 0) is 9.53 Å². The topological polar surface area (TPSA) is 26.3 Å². The monoisotopic (exact) mass is 348 g/mol. The molecule has 2 heteroatoms. The van der Waals surface area contributed by atoms with E-state index in [1.165, 1.54) is 77.0 Å². The second-order valence-electron chi connectivity index (χ2n) is 7.31. The molecule has 0 saturated carbocycles. The molecular formula is C23H40O2. The summed E-state index contributed by atoms with van der Waals surface area (Å²) in [5.74, 6) is -0.0224. The highest BCUT2D eigenvalue weighted by molar-refractivity contribution is 5.69. The second kappa shape index (κ2) is 17.8. The molecule has 1 aliphatic heterocycles. The number of hydrogen-bond donors (Lipinski definition) is 0. The third-order valence-corrected chi connectivity index (χ3v) is 4.88. The Kier molecular flexibility index (Phi) is 15.6. The minimum Gasteiger partial charge on any atom is -0.465 e. The van der Waals surface area contributed by atoms with Crippen LogP contribution < -0.4 is 0 Å². The van der Waals surface area contributed by atoms with Crippen LogP contribution in [0.1, 0.15) is 109 Å². The Hall–Kier alpha value is -1.05. The van der Waals surface area contributed by atoms with Gasteiger partial charge in [0.15, 0.2) is 0 Å². The Morgan fingerprint density at radius 2 is 0.960 bits per heavy atom. The molecule has 25 heavy (non-hydrogen) atoms. The van der Waals surface area contributed by atoms with Crippen LogP contribution in [-0.4, -0.2) is 12.6 Å². The molecule has 2 nitrogen and oxygen atoms in total. The van der Waals surface area contributed by atoms with Gasteiger partial charge in [-0.05, 0) is 38.5 Å². The first-order valence-corrected chi connectivity index (χ1v) is 10.9. The zero-order chi connectivity index (χ0) is 17.8. The number of rotatable bonds is 0. The molecule has 0 N–H and O–H groups in total. The first-order chi connectivity index (χ1) is 12.4. The zero-order valence-corrected chi connectivity index (χ0v) is 16.4. The summed E-state index contributed by atoms with van der Waals surface area (Å²) in [4.78, 5) is 11.6. The average molecular weight is 349 g/mol. The van der Waals surface area contributed by atoms with Crippen molar-refractivity contribution in [1.29, 1.82) is 0 Å². The Bertz CT molecular complexity index is 357. The van der Waals surface area contributed by atoms with Crippen molar-refractivity contribution in [3.8, 4) is 0 Å². The maximum atomic E-state index is 11.6. The molecule has 0 bridgehead atoms. The van der Waals surface area contributed by atoms with E-state index in [-0.39, 0.29) is 5.97 Å². The zero-order valence-electron chi connectivity index (χ0n) is 16.4. The van der Waals surface area contributed by atoms with Gasteiger partial charge >= 0.3 is 5.97 Å². The molecule has 0 unspecified atom stereocenters. The Morgan fingerprint density at radius 1 is 0.520 bits per heavy atom. The third-order valence-electron chi connectivity index (χ3n) is 4.88. The smallest absolute Gasteiger partial charge is 0.305 e. The van der Waals surface area contributed by atoms with Crippen molar-refractivity contribution in [3.63, 3.8) is 0 Å². The van der Waals surface area contributed by atoms with E-state index in [1.54, 1.807) is 0 Å². The maximum absolute atomic E-state index is 11.6. The lowest BCUT2D eigenvalue weighted by atomic mass is 10.0. The van der Waals surface area contributed by atoms with Gasteiger partial charge in [0.05, 0.1) is 6.61 Å². The maximum Gasteiger partial charge on any atom is 0.305 e. The minimum atomic E-state index is -0.0224. The van der Waals surface area contributed by atoms with E-state index in [2.05, 4.69) is 24.3 Å². The van der Waals surface area contributed by atoms with E-state index in [1.807, 2.05) is 0 Å². The minimum absolute atomic E-state index is 0.0224. The molecule has 0 fully saturated rings. The summed E-state index contributed by atoms with van der Waals surface area (Å²) in [5, 5.41) is 0. The van der Waals surface area contributed by atoms with E-state index < -0.39 is 0 Å². The second-order valence-corrected chi connectivity index (χ2v) is 7.31. The van der Waals surface area contributed by atoms with Gasteiger partial charge in [-0.1, -0.05) is 88.5 Å². The fourth-order valence-electron chi connectivity index (χ4n) is 3.28. The highest BCUT2D eigenvalue weighted by Gasteiger charge is 2.01. The predicted octanol–water partition coefficient (Wildman–Crippen LogP) is 7.29. The molecule has 0 amide bonds. The largest absolute Gasteiger partial charge is 0.465 e. The van der Waals surface area contributed by atoms with Crippen molar-refractivity contribution in [1.82, 2.24) is 0 Å². The number of esters is 1. The molecular weight excluding hydrogens is 308 g/mol. The van der Waals surface area contributed by atoms with Gasteiger partial charge < -0.3 is 4.74 Å². The third kappa shape index (κ3) is 16.2. The van der Waals surface area contributed by atoms with Gasteiger partial charge in [-0.15, -0.1) is 0 Å². The fourth-order valence-corrected chi connectivity index (χ4v) is 3.28. The number of ether oxygens (including phenoxy) is 1. The quantitative estimate of drug-likeness (QED) is 0.339. The van der Waals surface area contributed by atoms with Gasteiger partial charge in [0.2, 0.25) is 0 Å². The van der Waals surface area contributed by atoms with Crippen molar-refractivity contribution in [2.75, 3.05) is 6.61 Å². The van der Waals surface area contributed by atoms with E-state index in [9.17, 15) is 4.79 Å². The van der Waals surface area contributed by atoms with E-state index in [0.717, 1.165) is 25.7 Å². The number of allylic oxidation sites excluding steroid dienone is 3. The van der Waals surface area contributed by atoms with Crippen LogP contribution >= 0.6 is 0 Å². The van der Waals surface area contributed by atoms with Crippen LogP contribution in [0.3, 0.4) is 0 Å². The normalized spacial score (nSPS) is 24.6. The molecule has 0 aliphatic carbocycles. The molecule has 1 rings (SSSR count). The molecule has 0 saturated heterocycles. The summed E-state index contributed by atoms with van der Waals surface area (Å²) in [7, 11) is 0. The van der Waals surface area contributed by atoms with Gasteiger partial charge in [0.1, 0.15) is 0 Å². The summed E-state index contributed by atoms with van der Waals surface area (Å²) >= 11 is 0. The number of hydrogen-bond acceptors (Lipinski definition) is 2. The average Bonchev–Trinajstić information content (AvgIpc) is 2.61. The SMILES string of the molecule is O=C1CCCCCCCCCCCCCC/C=C/CC/C=C/CCO1. The Labute approximate surface area is 156 Å². The molecule has 1 aliphatic rings.